The molecule has 1 aliphatic carbocycles. The Bertz CT molecular complexity index is 1290. The van der Waals surface area contributed by atoms with Gasteiger partial charge in [-0.15, -0.1) is 0 Å². The van der Waals surface area contributed by atoms with Crippen molar-refractivity contribution in [3.05, 3.63) is 60.3 Å². The number of amides is 1. The molecule has 0 aliphatic heterocycles. The van der Waals surface area contributed by atoms with Gasteiger partial charge in [0.1, 0.15) is 0 Å². The van der Waals surface area contributed by atoms with Crippen LogP contribution in [0, 0.1) is 5.92 Å². The van der Waals surface area contributed by atoms with Crippen molar-refractivity contribution in [3.8, 4) is 11.3 Å². The number of aromatic nitrogens is 3. The molecule has 0 radical (unpaired) electrons. The van der Waals surface area contributed by atoms with Crippen molar-refractivity contribution in [1.29, 1.82) is 0 Å². The lowest BCUT2D eigenvalue weighted by Gasteiger charge is -2.14. The van der Waals surface area contributed by atoms with E-state index >= 15 is 0 Å². The molecular formula is C25H27N5O2. The van der Waals surface area contributed by atoms with Gasteiger partial charge < -0.3 is 15.7 Å². The lowest BCUT2D eigenvalue weighted by Crippen LogP contribution is -2.39. The molecule has 0 spiro atoms. The van der Waals surface area contributed by atoms with Crippen LogP contribution in [-0.4, -0.2) is 44.1 Å². The molecule has 5 rings (SSSR count). The number of nitrogens with one attached hydrogen (secondary N) is 2. The van der Waals surface area contributed by atoms with Crippen molar-refractivity contribution < 1.29 is 9.90 Å². The van der Waals surface area contributed by atoms with E-state index in [0.717, 1.165) is 53.1 Å². The number of rotatable bonds is 7. The predicted octanol–water partition coefficient (Wildman–Crippen LogP) is 3.87. The zero-order chi connectivity index (χ0) is 22.3. The standard InChI is InChI=1S/C25H27N5O2/c1-16(2)13-26-22-23-27-14-21(30(23)20-6-4-3-5-19(20)28-22)17-7-9-18(10-8-17)24(32)29-25(15-31)11-12-25/h3-10,14,16,31H,11-13,15H2,1-2H3,(H,26,28)(H,29,32). The maximum atomic E-state index is 12.6. The Kier molecular flexibility index (Phi) is 5.06. The van der Waals surface area contributed by atoms with Gasteiger partial charge in [-0.25, -0.2) is 9.97 Å². The van der Waals surface area contributed by atoms with Crippen LogP contribution in [0.1, 0.15) is 37.0 Å². The summed E-state index contributed by atoms with van der Waals surface area (Å²) in [6, 6.07) is 15.5. The quantitative estimate of drug-likeness (QED) is 0.415. The summed E-state index contributed by atoms with van der Waals surface area (Å²) in [5.74, 6) is 1.09. The summed E-state index contributed by atoms with van der Waals surface area (Å²) in [4.78, 5) is 22.0. The highest BCUT2D eigenvalue weighted by molar-refractivity contribution is 5.95. The van der Waals surface area contributed by atoms with Crippen molar-refractivity contribution in [2.75, 3.05) is 18.5 Å². The lowest BCUT2D eigenvalue weighted by atomic mass is 10.1. The average Bonchev–Trinajstić information content (AvgIpc) is 3.44. The zero-order valence-electron chi connectivity index (χ0n) is 18.3. The number of imidazole rings is 1. The van der Waals surface area contributed by atoms with Crippen LogP contribution < -0.4 is 10.6 Å². The van der Waals surface area contributed by atoms with E-state index in [2.05, 4.69) is 33.9 Å². The van der Waals surface area contributed by atoms with Crippen LogP contribution in [0.5, 0.6) is 0 Å². The number of carbonyl (C=O) groups is 1. The Balaban J connectivity index is 1.53. The van der Waals surface area contributed by atoms with Crippen LogP contribution in [0.3, 0.4) is 0 Å². The third-order valence-corrected chi connectivity index (χ3v) is 5.98. The minimum Gasteiger partial charge on any atom is -0.394 e. The SMILES string of the molecule is CC(C)CNc1nc2ccccc2n2c(-c3ccc(C(=O)NC4(CO)CC4)cc3)cnc12. The second-order valence-electron chi connectivity index (χ2n) is 9.00. The Morgan fingerprint density at radius 1 is 1.16 bits per heavy atom. The van der Waals surface area contributed by atoms with Gasteiger partial charge in [0.05, 0.1) is 35.1 Å². The topological polar surface area (TPSA) is 91.6 Å². The fraction of sp³-hybridized carbons (Fsp3) is 0.320. The van der Waals surface area contributed by atoms with Gasteiger partial charge in [0, 0.05) is 17.7 Å². The summed E-state index contributed by atoms with van der Waals surface area (Å²) >= 11 is 0. The van der Waals surface area contributed by atoms with Gasteiger partial charge in [-0.3, -0.25) is 9.20 Å². The van der Waals surface area contributed by atoms with Gasteiger partial charge in [0.15, 0.2) is 11.5 Å². The van der Waals surface area contributed by atoms with Gasteiger partial charge in [-0.1, -0.05) is 38.1 Å². The van der Waals surface area contributed by atoms with Gasteiger partial charge >= 0.3 is 0 Å². The maximum absolute atomic E-state index is 12.6. The number of fused-ring (bicyclic) bond motifs is 3. The number of nitrogens with zero attached hydrogens (tertiary/aromatic N) is 3. The summed E-state index contributed by atoms with van der Waals surface area (Å²) < 4.78 is 2.12. The number of aliphatic hydroxyl groups is 1. The van der Waals surface area contributed by atoms with E-state index in [-0.39, 0.29) is 12.5 Å². The number of benzene rings is 2. The van der Waals surface area contributed by atoms with Crippen molar-refractivity contribution in [1.82, 2.24) is 19.7 Å². The molecule has 0 bridgehead atoms. The summed E-state index contributed by atoms with van der Waals surface area (Å²) in [5, 5.41) is 15.8. The first-order chi connectivity index (χ1) is 15.5. The number of carbonyl (C=O) groups excluding carboxylic acids is 1. The molecule has 0 unspecified atom stereocenters. The van der Waals surface area contributed by atoms with Crippen LogP contribution in [0.4, 0.5) is 5.82 Å². The van der Waals surface area contributed by atoms with E-state index in [9.17, 15) is 9.90 Å². The third kappa shape index (κ3) is 3.69. The Morgan fingerprint density at radius 3 is 2.59 bits per heavy atom. The molecule has 2 aromatic heterocycles. The normalized spacial score (nSPS) is 14.8. The fourth-order valence-electron chi connectivity index (χ4n) is 3.88. The molecule has 1 fully saturated rings. The van der Waals surface area contributed by atoms with Gasteiger partial charge in [0.25, 0.3) is 5.91 Å². The summed E-state index contributed by atoms with van der Waals surface area (Å²) in [6.45, 7) is 5.10. The molecule has 1 saturated carbocycles. The molecule has 32 heavy (non-hydrogen) atoms. The van der Waals surface area contributed by atoms with Gasteiger partial charge in [0.2, 0.25) is 0 Å². The molecule has 1 amide bonds. The van der Waals surface area contributed by atoms with Crippen LogP contribution in [0.2, 0.25) is 0 Å². The highest BCUT2D eigenvalue weighted by Crippen LogP contribution is 2.35. The van der Waals surface area contributed by atoms with Crippen LogP contribution in [0.25, 0.3) is 27.9 Å². The highest BCUT2D eigenvalue weighted by Gasteiger charge is 2.43. The van der Waals surface area contributed by atoms with Crippen LogP contribution in [-0.2, 0) is 0 Å². The molecule has 0 atom stereocenters. The van der Waals surface area contributed by atoms with Gasteiger partial charge in [-0.05, 0) is 43.0 Å². The molecular weight excluding hydrogens is 402 g/mol. The number of aliphatic hydroxyl groups excluding tert-OH is 1. The molecule has 2 heterocycles. The minimum absolute atomic E-state index is 0.0209. The molecule has 164 valence electrons. The highest BCUT2D eigenvalue weighted by atomic mass is 16.3. The Morgan fingerprint density at radius 2 is 1.91 bits per heavy atom. The molecule has 2 aromatic carbocycles. The molecule has 7 heteroatoms. The van der Waals surface area contributed by atoms with E-state index in [1.807, 2.05) is 54.7 Å². The van der Waals surface area contributed by atoms with E-state index < -0.39 is 5.54 Å². The first-order valence-corrected chi connectivity index (χ1v) is 11.0. The molecule has 0 saturated heterocycles. The smallest absolute Gasteiger partial charge is 0.251 e. The van der Waals surface area contributed by atoms with E-state index in [0.29, 0.717) is 11.5 Å². The minimum atomic E-state index is -0.428. The van der Waals surface area contributed by atoms with Crippen molar-refractivity contribution in [3.63, 3.8) is 0 Å². The predicted molar refractivity (Wildman–Crippen MR) is 126 cm³/mol. The van der Waals surface area contributed by atoms with Crippen molar-refractivity contribution in [2.24, 2.45) is 5.92 Å². The zero-order valence-corrected chi connectivity index (χ0v) is 18.3. The molecule has 3 N–H and O–H groups in total. The molecule has 1 aliphatic rings. The number of hydrogen-bond donors (Lipinski definition) is 3. The average molecular weight is 430 g/mol. The molecule has 4 aromatic rings. The van der Waals surface area contributed by atoms with Crippen LogP contribution >= 0.6 is 0 Å². The second kappa shape index (κ2) is 7.91. The van der Waals surface area contributed by atoms with Crippen molar-refractivity contribution >= 4 is 28.4 Å². The third-order valence-electron chi connectivity index (χ3n) is 5.98. The van der Waals surface area contributed by atoms with Gasteiger partial charge in [-0.2, -0.15) is 0 Å². The maximum Gasteiger partial charge on any atom is 0.251 e. The van der Waals surface area contributed by atoms with E-state index in [1.165, 1.54) is 0 Å². The fourth-order valence-corrected chi connectivity index (χ4v) is 3.88. The van der Waals surface area contributed by atoms with Crippen molar-refractivity contribution in [2.45, 2.75) is 32.2 Å². The van der Waals surface area contributed by atoms with Crippen LogP contribution in [0.15, 0.2) is 54.7 Å². The number of para-hydroxylation sites is 2. The van der Waals surface area contributed by atoms with E-state index in [1.54, 1.807) is 0 Å². The monoisotopic (exact) mass is 429 g/mol. The second-order valence-corrected chi connectivity index (χ2v) is 9.00. The Labute approximate surface area is 186 Å². The van der Waals surface area contributed by atoms with E-state index in [4.69, 9.17) is 4.98 Å². The first-order valence-electron chi connectivity index (χ1n) is 11.0. The largest absolute Gasteiger partial charge is 0.394 e. The number of anilines is 1. The number of hydrogen-bond acceptors (Lipinski definition) is 5. The summed E-state index contributed by atoms with van der Waals surface area (Å²) in [7, 11) is 0. The Hall–Kier alpha value is -3.45. The summed E-state index contributed by atoms with van der Waals surface area (Å²) in [6.07, 6.45) is 3.50. The molecule has 7 nitrogen and oxygen atoms in total. The summed E-state index contributed by atoms with van der Waals surface area (Å²) in [5.41, 5.74) is 4.69. The first kappa shape index (κ1) is 20.5. The lowest BCUT2D eigenvalue weighted by molar-refractivity contribution is 0.0907.